The molecule has 0 spiro atoms. The van der Waals surface area contributed by atoms with Crippen LogP contribution in [0, 0.1) is 0 Å². The molecule has 0 aliphatic carbocycles. The smallest absolute Gasteiger partial charge is 0.0348 e. The van der Waals surface area contributed by atoms with Crippen molar-refractivity contribution in [2.45, 2.75) is 39.0 Å². The first-order chi connectivity index (χ1) is 4.91. The SMILES string of the molecule is C=CC=CCCCCCC.Cl.Cl. The normalized spacial score (nSPS) is 8.75. The fourth-order valence-electron chi connectivity index (χ4n) is 0.881. The molecule has 0 aromatic heterocycles. The third-order valence-corrected chi connectivity index (χ3v) is 1.50. The second-order valence-electron chi connectivity index (χ2n) is 2.51. The van der Waals surface area contributed by atoms with E-state index >= 15 is 0 Å². The van der Waals surface area contributed by atoms with Crippen LogP contribution in [0.25, 0.3) is 0 Å². The molecule has 0 aliphatic rings. The summed E-state index contributed by atoms with van der Waals surface area (Å²) in [5, 5.41) is 0. The van der Waals surface area contributed by atoms with Gasteiger partial charge in [-0.15, -0.1) is 24.8 Å². The van der Waals surface area contributed by atoms with E-state index in [0.29, 0.717) is 0 Å². The van der Waals surface area contributed by atoms with E-state index in [-0.39, 0.29) is 24.8 Å². The fourth-order valence-corrected chi connectivity index (χ4v) is 0.881. The van der Waals surface area contributed by atoms with Crippen molar-refractivity contribution in [2.75, 3.05) is 0 Å². The van der Waals surface area contributed by atoms with Crippen molar-refractivity contribution in [3.8, 4) is 0 Å². The number of hydrogen-bond acceptors (Lipinski definition) is 0. The van der Waals surface area contributed by atoms with Gasteiger partial charge >= 0.3 is 0 Å². The van der Waals surface area contributed by atoms with Crippen LogP contribution in [-0.2, 0) is 0 Å². The minimum Gasteiger partial charge on any atom is -0.147 e. The van der Waals surface area contributed by atoms with Crippen LogP contribution in [0.5, 0.6) is 0 Å². The van der Waals surface area contributed by atoms with Crippen molar-refractivity contribution in [2.24, 2.45) is 0 Å². The van der Waals surface area contributed by atoms with Crippen LogP contribution in [0.4, 0.5) is 0 Å². The number of halogens is 2. The second-order valence-corrected chi connectivity index (χ2v) is 2.51. The summed E-state index contributed by atoms with van der Waals surface area (Å²) in [7, 11) is 0. The molecule has 0 nitrogen and oxygen atoms in total. The minimum absolute atomic E-state index is 0. The molecule has 0 saturated carbocycles. The molecule has 0 unspecified atom stereocenters. The van der Waals surface area contributed by atoms with Crippen LogP contribution in [0.3, 0.4) is 0 Å². The van der Waals surface area contributed by atoms with Crippen molar-refractivity contribution >= 4 is 24.8 Å². The molecule has 0 aromatic carbocycles. The second kappa shape index (κ2) is 17.2. The fraction of sp³-hybridized carbons (Fsp3) is 0.600. The molecule has 12 heavy (non-hydrogen) atoms. The minimum atomic E-state index is 0. The molecule has 2 heteroatoms. The molecule has 0 aliphatic heterocycles. The Labute approximate surface area is 89.0 Å². The number of rotatable bonds is 6. The number of unbranched alkanes of at least 4 members (excludes halogenated alkanes) is 4. The highest BCUT2D eigenvalue weighted by atomic mass is 35.5. The van der Waals surface area contributed by atoms with Crippen molar-refractivity contribution in [1.29, 1.82) is 0 Å². The first-order valence-corrected chi connectivity index (χ1v) is 4.19. The zero-order valence-electron chi connectivity index (χ0n) is 7.79. The molecule has 0 radical (unpaired) electrons. The molecule has 0 rings (SSSR count). The Bertz CT molecular complexity index is 98.0. The van der Waals surface area contributed by atoms with Gasteiger partial charge in [-0.05, 0) is 12.8 Å². The predicted molar refractivity (Wildman–Crippen MR) is 62.6 cm³/mol. The van der Waals surface area contributed by atoms with Crippen molar-refractivity contribution in [3.63, 3.8) is 0 Å². The quantitative estimate of drug-likeness (QED) is 0.446. The van der Waals surface area contributed by atoms with E-state index in [2.05, 4.69) is 19.6 Å². The average molecular weight is 211 g/mol. The molecule has 0 saturated heterocycles. The van der Waals surface area contributed by atoms with E-state index < -0.39 is 0 Å². The summed E-state index contributed by atoms with van der Waals surface area (Å²) >= 11 is 0. The maximum Gasteiger partial charge on any atom is -0.0348 e. The van der Waals surface area contributed by atoms with Gasteiger partial charge in [-0.3, -0.25) is 0 Å². The predicted octanol–water partition coefficient (Wildman–Crippen LogP) is 4.54. The van der Waals surface area contributed by atoms with Gasteiger partial charge in [0.2, 0.25) is 0 Å². The van der Waals surface area contributed by atoms with Gasteiger partial charge in [-0.2, -0.15) is 0 Å². The zero-order chi connectivity index (χ0) is 7.66. The number of allylic oxidation sites excluding steroid dienone is 3. The van der Waals surface area contributed by atoms with Crippen molar-refractivity contribution in [1.82, 2.24) is 0 Å². The van der Waals surface area contributed by atoms with E-state index in [0.717, 1.165) is 0 Å². The Balaban J connectivity index is -0.000000405. The molecule has 0 heterocycles. The third-order valence-electron chi connectivity index (χ3n) is 1.50. The number of hydrogen-bond donors (Lipinski definition) is 0. The summed E-state index contributed by atoms with van der Waals surface area (Å²) in [6.45, 7) is 5.84. The maximum atomic E-state index is 3.61. The molecule has 0 bridgehead atoms. The average Bonchev–Trinajstić information content (AvgIpc) is 1.97. The Morgan fingerprint density at radius 3 is 2.25 bits per heavy atom. The van der Waals surface area contributed by atoms with E-state index in [9.17, 15) is 0 Å². The van der Waals surface area contributed by atoms with Gasteiger partial charge in [0, 0.05) is 0 Å². The molecular formula is C10H20Cl2. The first kappa shape index (κ1) is 18.0. The summed E-state index contributed by atoms with van der Waals surface area (Å²) < 4.78 is 0. The molecule has 0 atom stereocenters. The highest BCUT2D eigenvalue weighted by molar-refractivity contribution is 5.85. The van der Waals surface area contributed by atoms with Gasteiger partial charge in [0.25, 0.3) is 0 Å². The lowest BCUT2D eigenvalue weighted by Crippen LogP contribution is -1.72. The van der Waals surface area contributed by atoms with Gasteiger partial charge < -0.3 is 0 Å². The molecule has 0 N–H and O–H groups in total. The Morgan fingerprint density at radius 2 is 1.75 bits per heavy atom. The van der Waals surface area contributed by atoms with E-state index in [1.807, 2.05) is 12.2 Å². The van der Waals surface area contributed by atoms with Crippen LogP contribution < -0.4 is 0 Å². The van der Waals surface area contributed by atoms with Crippen LogP contribution in [0.2, 0.25) is 0 Å². The van der Waals surface area contributed by atoms with Crippen LogP contribution >= 0.6 is 24.8 Å². The highest BCUT2D eigenvalue weighted by Gasteiger charge is 1.82. The highest BCUT2D eigenvalue weighted by Crippen LogP contribution is 2.02. The Morgan fingerprint density at radius 1 is 1.08 bits per heavy atom. The van der Waals surface area contributed by atoms with Crippen molar-refractivity contribution < 1.29 is 0 Å². The molecule has 74 valence electrons. The van der Waals surface area contributed by atoms with Crippen LogP contribution in [0.1, 0.15) is 39.0 Å². The molecule has 0 amide bonds. The third kappa shape index (κ3) is 16.6. The molecule has 0 aromatic rings. The van der Waals surface area contributed by atoms with Crippen LogP contribution in [0.15, 0.2) is 24.8 Å². The van der Waals surface area contributed by atoms with Gasteiger partial charge in [-0.1, -0.05) is 51.0 Å². The lowest BCUT2D eigenvalue weighted by atomic mass is 10.1. The zero-order valence-corrected chi connectivity index (χ0v) is 9.42. The Kier molecular flexibility index (Phi) is 25.8. The van der Waals surface area contributed by atoms with E-state index in [1.54, 1.807) is 0 Å². The van der Waals surface area contributed by atoms with Crippen molar-refractivity contribution in [3.05, 3.63) is 24.8 Å². The van der Waals surface area contributed by atoms with E-state index in [1.165, 1.54) is 32.1 Å². The lowest BCUT2D eigenvalue weighted by Gasteiger charge is -1.92. The summed E-state index contributed by atoms with van der Waals surface area (Å²) in [6, 6.07) is 0. The van der Waals surface area contributed by atoms with E-state index in [4.69, 9.17) is 0 Å². The monoisotopic (exact) mass is 210 g/mol. The first-order valence-electron chi connectivity index (χ1n) is 4.19. The largest absolute Gasteiger partial charge is 0.147 e. The van der Waals surface area contributed by atoms with Gasteiger partial charge in [0.1, 0.15) is 0 Å². The van der Waals surface area contributed by atoms with Crippen LogP contribution in [-0.4, -0.2) is 0 Å². The molecular weight excluding hydrogens is 191 g/mol. The topological polar surface area (TPSA) is 0 Å². The Hall–Kier alpha value is 0.0600. The summed E-state index contributed by atoms with van der Waals surface area (Å²) in [5.41, 5.74) is 0. The standard InChI is InChI=1S/C10H18.2ClH/c1-3-5-7-9-10-8-6-4-2;;/h3,5,7H,1,4,6,8-10H2,2H3;2*1H. The van der Waals surface area contributed by atoms with Gasteiger partial charge in [0.15, 0.2) is 0 Å². The molecule has 0 fully saturated rings. The summed E-state index contributed by atoms with van der Waals surface area (Å²) in [4.78, 5) is 0. The van der Waals surface area contributed by atoms with Gasteiger partial charge in [0.05, 0.1) is 0 Å². The maximum absolute atomic E-state index is 3.61. The lowest BCUT2D eigenvalue weighted by molar-refractivity contribution is 0.674. The summed E-state index contributed by atoms with van der Waals surface area (Å²) in [6.07, 6.45) is 12.7. The van der Waals surface area contributed by atoms with Gasteiger partial charge in [-0.25, -0.2) is 0 Å². The summed E-state index contributed by atoms with van der Waals surface area (Å²) in [5.74, 6) is 0.